The van der Waals surface area contributed by atoms with Gasteiger partial charge in [-0.05, 0) is 36.7 Å². The van der Waals surface area contributed by atoms with E-state index in [1.165, 1.54) is 12.3 Å². The smallest absolute Gasteiger partial charge is 0.348 e. The van der Waals surface area contributed by atoms with Crippen LogP contribution in [0.2, 0.25) is 0 Å². The van der Waals surface area contributed by atoms with Crippen molar-refractivity contribution < 1.29 is 9.66 Å². The first-order valence-corrected chi connectivity index (χ1v) is 6.16. The van der Waals surface area contributed by atoms with Crippen LogP contribution in [0, 0.1) is 21.4 Å². The van der Waals surface area contributed by atoms with Crippen LogP contribution in [0.15, 0.2) is 36.5 Å². The molecule has 0 spiro atoms. The van der Waals surface area contributed by atoms with Gasteiger partial charge in [-0.2, -0.15) is 5.26 Å². The van der Waals surface area contributed by atoms with Crippen molar-refractivity contribution in [3.8, 4) is 17.7 Å². The molecular formula is C14H12N4O3. The molecule has 0 saturated heterocycles. The van der Waals surface area contributed by atoms with Crippen LogP contribution in [0.25, 0.3) is 0 Å². The van der Waals surface area contributed by atoms with Crippen molar-refractivity contribution in [3.63, 3.8) is 0 Å². The molecule has 0 aliphatic carbocycles. The first-order chi connectivity index (χ1) is 10.2. The summed E-state index contributed by atoms with van der Waals surface area (Å²) in [6.07, 6.45) is 2.03. The largest absolute Gasteiger partial charge is 0.434 e. The topological polar surface area (TPSA) is 115 Å². The van der Waals surface area contributed by atoms with E-state index in [1.54, 1.807) is 18.2 Å². The summed E-state index contributed by atoms with van der Waals surface area (Å²) in [5.74, 6) is 0.201. The van der Waals surface area contributed by atoms with Crippen LogP contribution in [0.5, 0.6) is 11.6 Å². The van der Waals surface area contributed by atoms with Crippen molar-refractivity contribution in [2.75, 3.05) is 6.54 Å². The summed E-state index contributed by atoms with van der Waals surface area (Å²) >= 11 is 0. The summed E-state index contributed by atoms with van der Waals surface area (Å²) in [6, 6.07) is 10.0. The van der Waals surface area contributed by atoms with Crippen LogP contribution in [-0.4, -0.2) is 16.5 Å². The van der Waals surface area contributed by atoms with Gasteiger partial charge in [0.05, 0.1) is 4.92 Å². The lowest BCUT2D eigenvalue weighted by Crippen LogP contribution is -2.02. The van der Waals surface area contributed by atoms with Gasteiger partial charge in [0, 0.05) is 6.20 Å². The second-order valence-electron chi connectivity index (χ2n) is 4.17. The molecule has 1 heterocycles. The quantitative estimate of drug-likeness (QED) is 0.664. The summed E-state index contributed by atoms with van der Waals surface area (Å²) in [5.41, 5.74) is 5.97. The zero-order valence-corrected chi connectivity index (χ0v) is 11.0. The minimum Gasteiger partial charge on any atom is -0.434 e. The molecule has 21 heavy (non-hydrogen) atoms. The van der Waals surface area contributed by atoms with Gasteiger partial charge in [-0.3, -0.25) is 10.1 Å². The predicted octanol–water partition coefficient (Wildman–Crippen LogP) is 2.15. The molecule has 0 unspecified atom stereocenters. The molecule has 0 saturated carbocycles. The van der Waals surface area contributed by atoms with Gasteiger partial charge in [0.15, 0.2) is 0 Å². The number of hydrogen-bond acceptors (Lipinski definition) is 6. The van der Waals surface area contributed by atoms with E-state index in [-0.39, 0.29) is 11.4 Å². The Hall–Kier alpha value is -2.98. The minimum atomic E-state index is -0.677. The summed E-state index contributed by atoms with van der Waals surface area (Å²) in [6.45, 7) is 0.539. The summed E-state index contributed by atoms with van der Waals surface area (Å²) in [5, 5.41) is 20.0. The maximum absolute atomic E-state index is 11.1. The van der Waals surface area contributed by atoms with Crippen molar-refractivity contribution in [2.45, 2.75) is 6.42 Å². The van der Waals surface area contributed by atoms with E-state index in [4.69, 9.17) is 15.7 Å². The van der Waals surface area contributed by atoms with Gasteiger partial charge in [0.25, 0.3) is 0 Å². The molecule has 2 N–H and O–H groups in total. The van der Waals surface area contributed by atoms with E-state index in [2.05, 4.69) is 4.98 Å². The summed E-state index contributed by atoms with van der Waals surface area (Å²) in [7, 11) is 0. The van der Waals surface area contributed by atoms with Crippen molar-refractivity contribution in [3.05, 3.63) is 57.8 Å². The Labute approximate surface area is 120 Å². The molecule has 0 radical (unpaired) electrons. The molecule has 7 nitrogen and oxygen atoms in total. The number of rotatable bonds is 5. The Kier molecular flexibility index (Phi) is 4.43. The number of hydrogen-bond donors (Lipinski definition) is 1. The van der Waals surface area contributed by atoms with Crippen molar-refractivity contribution >= 4 is 5.69 Å². The monoisotopic (exact) mass is 284 g/mol. The number of pyridine rings is 1. The molecule has 0 atom stereocenters. The number of nitrogens with zero attached hydrogens (tertiary/aromatic N) is 3. The SMILES string of the molecule is N#Cc1ccnc(Oc2ccc(CCN)cc2)c1[N+](=O)[O-]. The van der Waals surface area contributed by atoms with E-state index in [0.29, 0.717) is 12.3 Å². The first kappa shape index (κ1) is 14.4. The number of nitriles is 1. The normalized spacial score (nSPS) is 9.90. The lowest BCUT2D eigenvalue weighted by Gasteiger charge is -2.06. The lowest BCUT2D eigenvalue weighted by molar-refractivity contribution is -0.386. The summed E-state index contributed by atoms with van der Waals surface area (Å²) < 4.78 is 5.41. The standard InChI is InChI=1S/C14H12N4O3/c15-7-5-10-1-3-12(4-2-10)21-14-13(18(19)20)11(9-16)6-8-17-14/h1-4,6,8H,5,7,15H2. The highest BCUT2D eigenvalue weighted by Gasteiger charge is 2.23. The van der Waals surface area contributed by atoms with Crippen LogP contribution in [0.3, 0.4) is 0 Å². The van der Waals surface area contributed by atoms with Crippen molar-refractivity contribution in [2.24, 2.45) is 5.73 Å². The molecule has 1 aromatic carbocycles. The fourth-order valence-corrected chi connectivity index (χ4v) is 1.78. The Balaban J connectivity index is 2.31. The van der Waals surface area contributed by atoms with Gasteiger partial charge in [-0.25, -0.2) is 4.98 Å². The number of aromatic nitrogens is 1. The molecule has 0 aliphatic heterocycles. The Morgan fingerprint density at radius 1 is 1.33 bits per heavy atom. The molecule has 0 aliphatic rings. The third-order valence-electron chi connectivity index (χ3n) is 2.76. The van der Waals surface area contributed by atoms with Gasteiger partial charge >= 0.3 is 11.6 Å². The number of benzene rings is 1. The number of nitro groups is 1. The third-order valence-corrected chi connectivity index (χ3v) is 2.76. The molecule has 7 heteroatoms. The highest BCUT2D eigenvalue weighted by atomic mass is 16.6. The molecule has 2 aromatic rings. The molecule has 0 bridgehead atoms. The Morgan fingerprint density at radius 3 is 2.62 bits per heavy atom. The zero-order chi connectivity index (χ0) is 15.2. The fourth-order valence-electron chi connectivity index (χ4n) is 1.78. The van der Waals surface area contributed by atoms with Gasteiger partial charge < -0.3 is 10.5 Å². The molecule has 1 aromatic heterocycles. The average molecular weight is 284 g/mol. The van der Waals surface area contributed by atoms with E-state index >= 15 is 0 Å². The van der Waals surface area contributed by atoms with Crippen LogP contribution in [0.4, 0.5) is 5.69 Å². The van der Waals surface area contributed by atoms with Gasteiger partial charge in [-0.1, -0.05) is 12.1 Å². The van der Waals surface area contributed by atoms with Gasteiger partial charge in [0.1, 0.15) is 17.4 Å². The van der Waals surface area contributed by atoms with Crippen molar-refractivity contribution in [1.82, 2.24) is 4.98 Å². The lowest BCUT2D eigenvalue weighted by atomic mass is 10.1. The first-order valence-electron chi connectivity index (χ1n) is 6.16. The van der Waals surface area contributed by atoms with Crippen LogP contribution in [0.1, 0.15) is 11.1 Å². The zero-order valence-electron chi connectivity index (χ0n) is 11.0. The predicted molar refractivity (Wildman–Crippen MR) is 74.9 cm³/mol. The van der Waals surface area contributed by atoms with Crippen LogP contribution >= 0.6 is 0 Å². The maximum Gasteiger partial charge on any atom is 0.348 e. The maximum atomic E-state index is 11.1. The van der Waals surface area contributed by atoms with Crippen LogP contribution < -0.4 is 10.5 Å². The van der Waals surface area contributed by atoms with Gasteiger partial charge in [-0.15, -0.1) is 0 Å². The molecule has 0 fully saturated rings. The Bertz CT molecular complexity index is 692. The van der Waals surface area contributed by atoms with E-state index in [0.717, 1.165) is 12.0 Å². The molecular weight excluding hydrogens is 272 g/mol. The van der Waals surface area contributed by atoms with Crippen molar-refractivity contribution in [1.29, 1.82) is 5.26 Å². The van der Waals surface area contributed by atoms with E-state index in [9.17, 15) is 10.1 Å². The molecule has 106 valence electrons. The second kappa shape index (κ2) is 6.45. The summed E-state index contributed by atoms with van der Waals surface area (Å²) in [4.78, 5) is 14.2. The van der Waals surface area contributed by atoms with Crippen LogP contribution in [-0.2, 0) is 6.42 Å². The Morgan fingerprint density at radius 2 is 2.05 bits per heavy atom. The minimum absolute atomic E-state index is 0.0928. The van der Waals surface area contributed by atoms with E-state index < -0.39 is 10.6 Å². The third kappa shape index (κ3) is 3.32. The molecule has 2 rings (SSSR count). The molecule has 0 amide bonds. The second-order valence-corrected chi connectivity index (χ2v) is 4.17. The van der Waals surface area contributed by atoms with E-state index in [1.807, 2.05) is 12.1 Å². The fraction of sp³-hybridized carbons (Fsp3) is 0.143. The highest BCUT2D eigenvalue weighted by molar-refractivity contribution is 5.55. The highest BCUT2D eigenvalue weighted by Crippen LogP contribution is 2.31. The number of nitrogens with two attached hydrogens (primary N) is 1. The number of ether oxygens (including phenoxy) is 1. The van der Waals surface area contributed by atoms with Gasteiger partial charge in [0.2, 0.25) is 0 Å². The average Bonchev–Trinajstić information content (AvgIpc) is 2.49.